The highest BCUT2D eigenvalue weighted by Crippen LogP contribution is 2.17. The lowest BCUT2D eigenvalue weighted by Gasteiger charge is -2.16. The summed E-state index contributed by atoms with van der Waals surface area (Å²) >= 11 is 0. The van der Waals surface area contributed by atoms with Crippen LogP contribution in [0.15, 0.2) is 24.3 Å². The number of amides is 2. The number of carbonyl (C=O) groups is 1. The average Bonchev–Trinajstić information content (AvgIpc) is 2.27. The number of ether oxygens (including phenoxy) is 1. The van der Waals surface area contributed by atoms with Gasteiger partial charge in [0.05, 0.1) is 7.11 Å². The molecule has 1 aromatic rings. The normalized spacial score (nSPS) is 9.36. The summed E-state index contributed by atoms with van der Waals surface area (Å²) in [5, 5.41) is 2.55. The zero-order chi connectivity index (χ0) is 10.6. The SMILES string of the molecule is CNC(=O)N(C)c1ccc(OC)cc1. The second-order valence-corrected chi connectivity index (χ2v) is 2.81. The maximum Gasteiger partial charge on any atom is 0.321 e. The molecule has 1 N–H and O–H groups in total. The third-order valence-corrected chi connectivity index (χ3v) is 1.98. The van der Waals surface area contributed by atoms with E-state index in [9.17, 15) is 4.79 Å². The van der Waals surface area contributed by atoms with E-state index in [1.807, 2.05) is 24.3 Å². The lowest BCUT2D eigenvalue weighted by molar-refractivity contribution is 0.249. The topological polar surface area (TPSA) is 41.6 Å². The molecule has 0 radical (unpaired) electrons. The van der Waals surface area contributed by atoms with Gasteiger partial charge in [-0.1, -0.05) is 0 Å². The number of benzene rings is 1. The second-order valence-electron chi connectivity index (χ2n) is 2.81. The standard InChI is InChI=1S/C10H14N2O2/c1-11-10(13)12(2)8-4-6-9(14-3)7-5-8/h4-7H,1-3H3,(H,11,13). The van der Waals surface area contributed by atoms with Crippen molar-refractivity contribution in [1.29, 1.82) is 0 Å². The van der Waals surface area contributed by atoms with Crippen LogP contribution in [0.2, 0.25) is 0 Å². The molecule has 0 heterocycles. The highest BCUT2D eigenvalue weighted by atomic mass is 16.5. The first-order valence-electron chi connectivity index (χ1n) is 4.28. The van der Waals surface area contributed by atoms with E-state index in [-0.39, 0.29) is 6.03 Å². The molecular formula is C10H14N2O2. The van der Waals surface area contributed by atoms with Gasteiger partial charge in [0.2, 0.25) is 0 Å². The summed E-state index contributed by atoms with van der Waals surface area (Å²) in [5.41, 5.74) is 0.824. The van der Waals surface area contributed by atoms with E-state index in [2.05, 4.69) is 5.32 Å². The Hall–Kier alpha value is -1.71. The van der Waals surface area contributed by atoms with Crippen molar-refractivity contribution in [2.24, 2.45) is 0 Å². The lowest BCUT2D eigenvalue weighted by atomic mass is 10.3. The van der Waals surface area contributed by atoms with E-state index in [1.54, 1.807) is 21.2 Å². The average molecular weight is 194 g/mol. The summed E-state index contributed by atoms with van der Waals surface area (Å²) in [6.07, 6.45) is 0. The first kappa shape index (κ1) is 10.4. The highest BCUT2D eigenvalue weighted by molar-refractivity contribution is 5.91. The Morgan fingerprint density at radius 2 is 1.93 bits per heavy atom. The van der Waals surface area contributed by atoms with Crippen LogP contribution in [-0.4, -0.2) is 27.2 Å². The van der Waals surface area contributed by atoms with Gasteiger partial charge in [-0.2, -0.15) is 0 Å². The molecule has 2 amide bonds. The highest BCUT2D eigenvalue weighted by Gasteiger charge is 2.07. The number of urea groups is 1. The number of methoxy groups -OCH3 is 1. The fraction of sp³-hybridized carbons (Fsp3) is 0.300. The Balaban J connectivity index is 2.81. The summed E-state index contributed by atoms with van der Waals surface area (Å²) in [7, 11) is 4.92. The summed E-state index contributed by atoms with van der Waals surface area (Å²) in [5.74, 6) is 0.777. The van der Waals surface area contributed by atoms with E-state index < -0.39 is 0 Å². The molecule has 14 heavy (non-hydrogen) atoms. The van der Waals surface area contributed by atoms with E-state index in [4.69, 9.17) is 4.74 Å². The van der Waals surface area contributed by atoms with Crippen LogP contribution in [-0.2, 0) is 0 Å². The van der Waals surface area contributed by atoms with Crippen molar-refractivity contribution in [3.05, 3.63) is 24.3 Å². The van der Waals surface area contributed by atoms with Gasteiger partial charge in [0, 0.05) is 19.8 Å². The van der Waals surface area contributed by atoms with Crippen LogP contribution in [0.3, 0.4) is 0 Å². The third kappa shape index (κ3) is 2.16. The molecule has 0 aliphatic heterocycles. The third-order valence-electron chi connectivity index (χ3n) is 1.98. The van der Waals surface area contributed by atoms with Crippen molar-refractivity contribution in [3.8, 4) is 5.75 Å². The van der Waals surface area contributed by atoms with Crippen molar-refractivity contribution in [3.63, 3.8) is 0 Å². The van der Waals surface area contributed by atoms with Gasteiger partial charge in [-0.05, 0) is 24.3 Å². The fourth-order valence-electron chi connectivity index (χ4n) is 1.09. The van der Waals surface area contributed by atoms with E-state index >= 15 is 0 Å². The minimum absolute atomic E-state index is 0.143. The number of anilines is 1. The van der Waals surface area contributed by atoms with Gasteiger partial charge in [0.25, 0.3) is 0 Å². The molecule has 4 nitrogen and oxygen atoms in total. The zero-order valence-electron chi connectivity index (χ0n) is 8.57. The van der Waals surface area contributed by atoms with Crippen LogP contribution < -0.4 is 15.0 Å². The number of rotatable bonds is 2. The van der Waals surface area contributed by atoms with Gasteiger partial charge < -0.3 is 10.1 Å². The summed E-state index contributed by atoms with van der Waals surface area (Å²) < 4.78 is 5.02. The van der Waals surface area contributed by atoms with Crippen LogP contribution >= 0.6 is 0 Å². The van der Waals surface area contributed by atoms with Crippen LogP contribution in [0, 0.1) is 0 Å². The van der Waals surface area contributed by atoms with Gasteiger partial charge >= 0.3 is 6.03 Å². The molecule has 4 heteroatoms. The summed E-state index contributed by atoms with van der Waals surface area (Å²) in [4.78, 5) is 12.8. The number of carbonyl (C=O) groups excluding carboxylic acids is 1. The molecule has 76 valence electrons. The smallest absolute Gasteiger partial charge is 0.321 e. The van der Waals surface area contributed by atoms with Crippen molar-refractivity contribution in [2.45, 2.75) is 0 Å². The molecule has 0 saturated heterocycles. The van der Waals surface area contributed by atoms with Crippen LogP contribution in [0.4, 0.5) is 10.5 Å². The zero-order valence-corrected chi connectivity index (χ0v) is 8.57. The molecule has 0 unspecified atom stereocenters. The monoisotopic (exact) mass is 194 g/mol. The number of hydrogen-bond donors (Lipinski definition) is 1. The van der Waals surface area contributed by atoms with Crippen LogP contribution in [0.1, 0.15) is 0 Å². The number of nitrogens with one attached hydrogen (secondary N) is 1. The van der Waals surface area contributed by atoms with Crippen LogP contribution in [0.5, 0.6) is 5.75 Å². The van der Waals surface area contributed by atoms with Gasteiger partial charge in [0.1, 0.15) is 5.75 Å². The summed E-state index contributed by atoms with van der Waals surface area (Å²) in [6, 6.07) is 7.14. The second kappa shape index (κ2) is 4.50. The maximum atomic E-state index is 11.3. The number of nitrogens with zero attached hydrogens (tertiary/aromatic N) is 1. The molecule has 0 bridgehead atoms. The minimum Gasteiger partial charge on any atom is -0.497 e. The van der Waals surface area contributed by atoms with Gasteiger partial charge in [-0.15, -0.1) is 0 Å². The number of hydrogen-bond acceptors (Lipinski definition) is 2. The predicted molar refractivity (Wildman–Crippen MR) is 55.9 cm³/mol. The molecule has 0 spiro atoms. The van der Waals surface area contributed by atoms with Gasteiger partial charge in [-0.3, -0.25) is 4.90 Å². The Labute approximate surface area is 83.5 Å². The molecule has 1 rings (SSSR count). The van der Waals surface area contributed by atoms with E-state index in [0.717, 1.165) is 11.4 Å². The van der Waals surface area contributed by atoms with Crippen LogP contribution in [0.25, 0.3) is 0 Å². The Morgan fingerprint density at radius 3 is 2.36 bits per heavy atom. The van der Waals surface area contributed by atoms with Crippen molar-refractivity contribution in [1.82, 2.24) is 5.32 Å². The van der Waals surface area contributed by atoms with Crippen molar-refractivity contribution in [2.75, 3.05) is 26.1 Å². The molecule has 0 saturated carbocycles. The Bertz CT molecular complexity index is 308. The lowest BCUT2D eigenvalue weighted by Crippen LogP contribution is -2.34. The first-order chi connectivity index (χ1) is 6.69. The molecule has 1 aromatic carbocycles. The summed E-state index contributed by atoms with van der Waals surface area (Å²) in [6.45, 7) is 0. The molecule has 0 aliphatic rings. The molecule has 0 aromatic heterocycles. The predicted octanol–water partition coefficient (Wildman–Crippen LogP) is 1.47. The van der Waals surface area contributed by atoms with Crippen molar-refractivity contribution >= 4 is 11.7 Å². The maximum absolute atomic E-state index is 11.3. The van der Waals surface area contributed by atoms with Crippen molar-refractivity contribution < 1.29 is 9.53 Å². The minimum atomic E-state index is -0.143. The van der Waals surface area contributed by atoms with Gasteiger partial charge in [0.15, 0.2) is 0 Å². The first-order valence-corrected chi connectivity index (χ1v) is 4.28. The Morgan fingerprint density at radius 1 is 1.36 bits per heavy atom. The van der Waals surface area contributed by atoms with E-state index in [1.165, 1.54) is 4.90 Å². The molecular weight excluding hydrogens is 180 g/mol. The quantitative estimate of drug-likeness (QED) is 0.774. The fourth-order valence-corrected chi connectivity index (χ4v) is 1.09. The molecule has 0 aliphatic carbocycles. The van der Waals surface area contributed by atoms with Gasteiger partial charge in [-0.25, -0.2) is 4.79 Å². The largest absolute Gasteiger partial charge is 0.497 e. The molecule has 0 fully saturated rings. The molecule has 0 atom stereocenters. The Kier molecular flexibility index (Phi) is 3.34. The van der Waals surface area contributed by atoms with E-state index in [0.29, 0.717) is 0 Å².